The maximum absolute atomic E-state index is 10.2. The summed E-state index contributed by atoms with van der Waals surface area (Å²) in [6, 6.07) is 61.3. The van der Waals surface area contributed by atoms with E-state index in [1.807, 2.05) is 12.1 Å². The summed E-state index contributed by atoms with van der Waals surface area (Å²) < 4.78 is 4.98. The molecule has 2 aliphatic heterocycles. The first kappa shape index (κ1) is 30.5. The second kappa shape index (κ2) is 10.9. The molecule has 4 heterocycles. The van der Waals surface area contributed by atoms with Crippen molar-refractivity contribution in [1.29, 1.82) is 5.26 Å². The summed E-state index contributed by atoms with van der Waals surface area (Å²) in [5.74, 6) is 0. The Hall–Kier alpha value is -7.86. The van der Waals surface area contributed by atoms with Crippen LogP contribution in [-0.4, -0.2) is 15.8 Å². The van der Waals surface area contributed by atoms with E-state index in [2.05, 4.69) is 172 Å². The van der Waals surface area contributed by atoms with Gasteiger partial charge in [-0.05, 0) is 108 Å². The van der Waals surface area contributed by atoms with Crippen LogP contribution in [0.25, 0.3) is 104 Å². The van der Waals surface area contributed by atoms with Crippen LogP contribution < -0.4 is 16.4 Å². The number of aromatic nitrogens is 2. The van der Waals surface area contributed by atoms with E-state index in [4.69, 9.17) is 6.57 Å². The van der Waals surface area contributed by atoms with E-state index in [0.29, 0.717) is 11.3 Å². The molecule has 0 N–H and O–H groups in total. The highest BCUT2D eigenvalue weighted by Crippen LogP contribution is 2.45. The summed E-state index contributed by atoms with van der Waals surface area (Å²) in [6.07, 6.45) is 0. The third-order valence-corrected chi connectivity index (χ3v) is 12.7. The second-order valence-corrected chi connectivity index (χ2v) is 15.4. The molecule has 11 aromatic rings. The molecule has 0 atom stereocenters. The number of nitriles is 1. The fourth-order valence-electron chi connectivity index (χ4n) is 10.4. The maximum atomic E-state index is 10.2. The molecule has 0 spiro atoms. The van der Waals surface area contributed by atoms with Gasteiger partial charge in [0.1, 0.15) is 0 Å². The van der Waals surface area contributed by atoms with Gasteiger partial charge in [0.25, 0.3) is 6.71 Å². The van der Waals surface area contributed by atoms with Gasteiger partial charge in [0, 0.05) is 33.1 Å². The van der Waals surface area contributed by atoms with E-state index in [-0.39, 0.29) is 6.71 Å². The van der Waals surface area contributed by atoms with Crippen LogP contribution in [0.5, 0.6) is 0 Å². The molecule has 13 rings (SSSR count). The molecular weight excluding hydrogens is 691 g/mol. The third kappa shape index (κ3) is 3.85. The van der Waals surface area contributed by atoms with Crippen LogP contribution in [0.2, 0.25) is 0 Å². The van der Waals surface area contributed by atoms with Crippen molar-refractivity contribution in [2.45, 2.75) is 0 Å². The van der Waals surface area contributed by atoms with Crippen molar-refractivity contribution >= 4 is 93.9 Å². The molecule has 0 radical (unpaired) electrons. The number of hydrogen-bond acceptors (Lipinski definition) is 1. The smallest absolute Gasteiger partial charge is 0.252 e. The fraction of sp³-hybridized carbons (Fsp3) is 0. The van der Waals surface area contributed by atoms with Crippen LogP contribution in [-0.2, 0) is 0 Å². The lowest BCUT2D eigenvalue weighted by Gasteiger charge is -2.35. The van der Waals surface area contributed by atoms with Gasteiger partial charge in [-0.2, -0.15) is 5.26 Å². The predicted molar refractivity (Wildman–Crippen MR) is 237 cm³/mol. The molecule has 0 saturated heterocycles. The van der Waals surface area contributed by atoms with E-state index in [9.17, 15) is 5.26 Å². The Morgan fingerprint density at radius 1 is 0.509 bits per heavy atom. The zero-order chi connectivity index (χ0) is 37.5. The van der Waals surface area contributed by atoms with Crippen molar-refractivity contribution in [2.75, 3.05) is 0 Å². The third-order valence-electron chi connectivity index (χ3n) is 12.7. The first-order valence-corrected chi connectivity index (χ1v) is 19.3. The monoisotopic (exact) mass is 718 g/mol. The van der Waals surface area contributed by atoms with E-state index in [0.717, 1.165) is 44.3 Å². The Morgan fingerprint density at radius 3 is 1.67 bits per heavy atom. The largest absolute Gasteiger partial charge is 0.310 e. The van der Waals surface area contributed by atoms with Crippen LogP contribution >= 0.6 is 0 Å². The zero-order valence-corrected chi connectivity index (χ0v) is 30.5. The summed E-state index contributed by atoms with van der Waals surface area (Å²) in [6.45, 7) is 7.93. The fourth-order valence-corrected chi connectivity index (χ4v) is 10.4. The Bertz CT molecular complexity index is 3520. The van der Waals surface area contributed by atoms with Crippen LogP contribution in [0.1, 0.15) is 5.56 Å². The van der Waals surface area contributed by atoms with Crippen LogP contribution in [0.3, 0.4) is 0 Å². The van der Waals surface area contributed by atoms with Gasteiger partial charge >= 0.3 is 0 Å². The van der Waals surface area contributed by atoms with Gasteiger partial charge in [0.15, 0.2) is 5.69 Å². The van der Waals surface area contributed by atoms with E-state index in [1.165, 1.54) is 70.9 Å². The molecule has 0 fully saturated rings. The quantitative estimate of drug-likeness (QED) is 0.130. The Labute approximate surface area is 327 Å². The van der Waals surface area contributed by atoms with Gasteiger partial charge in [-0.15, -0.1) is 0 Å². The van der Waals surface area contributed by atoms with E-state index in [1.54, 1.807) is 0 Å². The van der Waals surface area contributed by atoms with Crippen molar-refractivity contribution in [1.82, 2.24) is 9.13 Å². The summed E-state index contributed by atoms with van der Waals surface area (Å²) in [5, 5.41) is 19.5. The Balaban J connectivity index is 1.29. The predicted octanol–water partition coefficient (Wildman–Crippen LogP) is 11.1. The zero-order valence-electron chi connectivity index (χ0n) is 30.5. The Kier molecular flexibility index (Phi) is 5.82. The lowest BCUT2D eigenvalue weighted by Crippen LogP contribution is -2.59. The number of nitrogens with zero attached hydrogens (tertiary/aromatic N) is 4. The standard InChI is InChI=1S/C52H27BN4/c1-55-35-20-22-45-41(28-35)49-39-18-8-6-14-33(39)25-43-52(49)57(45)47-27-34(37-16-10-9-15-36(37)31-11-3-2-4-12-31)26-46-50(47)53(43)42-24-32-13-5-7-17-38(32)48-40-23-30(29-54)19-21-44(40)56(46)51(42)48/h2-28H. The molecule has 2 aromatic heterocycles. The van der Waals surface area contributed by atoms with Gasteiger partial charge in [0.2, 0.25) is 0 Å². The normalized spacial score (nSPS) is 12.5. The first-order valence-electron chi connectivity index (χ1n) is 19.3. The molecule has 0 saturated carbocycles. The maximum Gasteiger partial charge on any atom is 0.252 e. The van der Waals surface area contributed by atoms with Crippen molar-refractivity contribution in [2.24, 2.45) is 0 Å². The van der Waals surface area contributed by atoms with Crippen molar-refractivity contribution in [3.63, 3.8) is 0 Å². The van der Waals surface area contributed by atoms with E-state index < -0.39 is 0 Å². The molecule has 9 aromatic carbocycles. The second-order valence-electron chi connectivity index (χ2n) is 15.4. The van der Waals surface area contributed by atoms with Crippen molar-refractivity contribution in [3.05, 3.63) is 181 Å². The lowest BCUT2D eigenvalue weighted by atomic mass is 9.34. The highest BCUT2D eigenvalue weighted by Gasteiger charge is 2.42. The highest BCUT2D eigenvalue weighted by atomic mass is 15.0. The lowest BCUT2D eigenvalue weighted by molar-refractivity contribution is 1.14. The van der Waals surface area contributed by atoms with Gasteiger partial charge in [-0.3, -0.25) is 0 Å². The van der Waals surface area contributed by atoms with Crippen LogP contribution in [0, 0.1) is 17.9 Å². The number of benzene rings is 9. The summed E-state index contributed by atoms with van der Waals surface area (Å²) >= 11 is 0. The minimum atomic E-state index is -0.0722. The minimum Gasteiger partial charge on any atom is -0.310 e. The summed E-state index contributed by atoms with van der Waals surface area (Å²) in [4.78, 5) is 3.91. The Morgan fingerprint density at radius 2 is 1.05 bits per heavy atom. The molecular formula is C52H27BN4. The first-order chi connectivity index (χ1) is 28.2. The van der Waals surface area contributed by atoms with Gasteiger partial charge in [-0.25, -0.2) is 4.85 Å². The molecule has 258 valence electrons. The SMILES string of the molecule is [C-]#[N+]c1ccc2c(c1)c1c3ccccc3cc3c1n2-c1cc(-c2ccccc2-c2ccccc2)cc2c1B3c1cc3ccccc3c3c4cc(C#N)ccc4n-2c13. The molecule has 57 heavy (non-hydrogen) atoms. The highest BCUT2D eigenvalue weighted by molar-refractivity contribution is 7.00. The average Bonchev–Trinajstić information content (AvgIpc) is 3.80. The topological polar surface area (TPSA) is 38.0 Å². The minimum absolute atomic E-state index is 0.0722. The van der Waals surface area contributed by atoms with Gasteiger partial charge < -0.3 is 9.13 Å². The van der Waals surface area contributed by atoms with Gasteiger partial charge in [0.05, 0.1) is 34.8 Å². The molecule has 4 nitrogen and oxygen atoms in total. The number of rotatable bonds is 2. The van der Waals surface area contributed by atoms with Crippen LogP contribution in [0.4, 0.5) is 5.69 Å². The van der Waals surface area contributed by atoms with Gasteiger partial charge in [-0.1, -0.05) is 121 Å². The molecule has 0 aliphatic carbocycles. The summed E-state index contributed by atoms with van der Waals surface area (Å²) in [5.41, 5.74) is 16.6. The van der Waals surface area contributed by atoms with E-state index >= 15 is 0 Å². The van der Waals surface area contributed by atoms with Crippen molar-refractivity contribution < 1.29 is 0 Å². The molecule has 0 bridgehead atoms. The average molecular weight is 719 g/mol. The molecule has 0 unspecified atom stereocenters. The molecule has 5 heteroatoms. The van der Waals surface area contributed by atoms with Crippen molar-refractivity contribution in [3.8, 4) is 39.7 Å². The summed E-state index contributed by atoms with van der Waals surface area (Å²) in [7, 11) is 0. The number of fused-ring (bicyclic) bond motifs is 14. The molecule has 2 aliphatic rings. The van der Waals surface area contributed by atoms with Crippen LogP contribution in [0.15, 0.2) is 164 Å². The number of hydrogen-bond donors (Lipinski definition) is 0. The molecule has 0 amide bonds.